The highest BCUT2D eigenvalue weighted by Crippen LogP contribution is 2.32. The van der Waals surface area contributed by atoms with Gasteiger partial charge in [-0.3, -0.25) is 4.57 Å². The van der Waals surface area contributed by atoms with Crippen LogP contribution in [0.25, 0.3) is 11.2 Å². The van der Waals surface area contributed by atoms with Gasteiger partial charge in [0.15, 0.2) is 23.2 Å². The van der Waals surface area contributed by atoms with Crippen LogP contribution in [0.5, 0.6) is 0 Å². The smallest absolute Gasteiger partial charge is 0.167 e. The van der Waals surface area contributed by atoms with E-state index in [1.165, 1.54) is 17.2 Å². The maximum Gasteiger partial charge on any atom is 0.167 e. The Bertz CT molecular complexity index is 737. The lowest BCUT2D eigenvalue weighted by Gasteiger charge is -2.16. The van der Waals surface area contributed by atoms with Gasteiger partial charge in [0.1, 0.15) is 24.6 Å². The molecule has 2 aromatic rings. The van der Waals surface area contributed by atoms with Gasteiger partial charge in [0.05, 0.1) is 18.3 Å². The minimum absolute atomic E-state index is 0.133. The number of hydrogen-bond acceptors (Lipinski definition) is 8. The molecule has 0 radical (unpaired) electrons. The van der Waals surface area contributed by atoms with Crippen LogP contribution in [0.2, 0.25) is 0 Å². The van der Waals surface area contributed by atoms with Crippen LogP contribution in [0.4, 0.5) is 5.82 Å². The van der Waals surface area contributed by atoms with Gasteiger partial charge in [0.2, 0.25) is 0 Å². The molecule has 4 N–H and O–H groups in total. The van der Waals surface area contributed by atoms with Gasteiger partial charge in [0.25, 0.3) is 0 Å². The first-order chi connectivity index (χ1) is 11.5. The summed E-state index contributed by atoms with van der Waals surface area (Å²) in [6, 6.07) is 0. The largest absolute Gasteiger partial charge is 0.394 e. The van der Waals surface area contributed by atoms with Crippen LogP contribution < -0.4 is 5.32 Å². The van der Waals surface area contributed by atoms with Crippen molar-refractivity contribution in [1.82, 2.24) is 19.5 Å². The van der Waals surface area contributed by atoms with E-state index in [1.54, 1.807) is 12.3 Å². The summed E-state index contributed by atoms with van der Waals surface area (Å²) >= 11 is 5.84. The summed E-state index contributed by atoms with van der Waals surface area (Å²) < 4.78 is 7.00. The lowest BCUT2D eigenvalue weighted by atomic mass is 10.1. The van der Waals surface area contributed by atoms with Crippen molar-refractivity contribution in [2.75, 3.05) is 11.9 Å². The maximum atomic E-state index is 10.1. The molecule has 0 aliphatic carbocycles. The molecule has 1 aliphatic heterocycles. The topological polar surface area (TPSA) is 126 Å². The normalized spacial score (nSPS) is 28.7. The number of hydrogen-bond donors (Lipinski definition) is 4. The third kappa shape index (κ3) is 3.08. The number of aliphatic hydroxyl groups excluding tert-OH is 3. The molecule has 0 bridgehead atoms. The Balaban J connectivity index is 1.91. The molecule has 1 saturated heterocycles. The number of nitrogens with one attached hydrogen (secondary N) is 1. The number of anilines is 1. The number of ether oxygens (including phenoxy) is 1. The summed E-state index contributed by atoms with van der Waals surface area (Å²) in [5.41, 5.74) is 0.900. The highest BCUT2D eigenvalue weighted by Gasteiger charge is 2.43. The fourth-order valence-electron chi connectivity index (χ4n) is 2.51. The van der Waals surface area contributed by atoms with Crippen molar-refractivity contribution in [1.29, 1.82) is 0 Å². The highest BCUT2D eigenvalue weighted by molar-refractivity contribution is 6.21. The van der Waals surface area contributed by atoms with E-state index in [1.807, 2.05) is 6.92 Å². The standard InChI is InChI=1S/C14H18ClN5O4/c1-7(15)2-3-16-12-9-13(18-5-17-12)20(6-19-9)14-11(23)10(22)8(4-21)24-14/h2-3,5-8,10-11,14,21-23H,4H2,1H3,(H,16,17,18)/b3-2+/t7?,8-,10-,11-,14-/m1/s1. The molecule has 10 heteroatoms. The molecule has 2 aromatic heterocycles. The Morgan fingerprint density at radius 3 is 2.83 bits per heavy atom. The van der Waals surface area contributed by atoms with Crippen LogP contribution in [0.1, 0.15) is 13.2 Å². The van der Waals surface area contributed by atoms with Crippen LogP contribution in [-0.2, 0) is 4.74 Å². The zero-order valence-corrected chi connectivity index (χ0v) is 13.6. The van der Waals surface area contributed by atoms with Gasteiger partial charge in [0, 0.05) is 0 Å². The van der Waals surface area contributed by atoms with Crippen molar-refractivity contribution >= 4 is 28.6 Å². The van der Waals surface area contributed by atoms with E-state index in [9.17, 15) is 15.3 Å². The van der Waals surface area contributed by atoms with E-state index in [-0.39, 0.29) is 5.38 Å². The van der Waals surface area contributed by atoms with E-state index < -0.39 is 31.1 Å². The van der Waals surface area contributed by atoms with E-state index in [0.717, 1.165) is 0 Å². The number of fused-ring (bicyclic) bond motifs is 1. The van der Waals surface area contributed by atoms with E-state index in [2.05, 4.69) is 20.3 Å². The molecule has 1 aliphatic rings. The summed E-state index contributed by atoms with van der Waals surface area (Å²) in [4.78, 5) is 12.5. The molecule has 0 aromatic carbocycles. The predicted octanol–water partition coefficient (Wildman–Crippen LogP) is -0.00930. The SMILES string of the molecule is CC(Cl)/C=C/Nc1ncnc2c1ncn2[C@@H]1O[C@H](CO)[C@@H](O)[C@H]1O. The van der Waals surface area contributed by atoms with Crippen LogP contribution in [-0.4, -0.2) is 65.1 Å². The second-order valence-electron chi connectivity index (χ2n) is 5.46. The number of rotatable bonds is 5. The summed E-state index contributed by atoms with van der Waals surface area (Å²) in [6.45, 7) is 1.43. The van der Waals surface area contributed by atoms with E-state index in [0.29, 0.717) is 17.0 Å². The van der Waals surface area contributed by atoms with Gasteiger partial charge >= 0.3 is 0 Å². The summed E-state index contributed by atoms with van der Waals surface area (Å²) in [5.74, 6) is 0.471. The number of nitrogens with zero attached hydrogens (tertiary/aromatic N) is 4. The summed E-state index contributed by atoms with van der Waals surface area (Å²) in [5, 5.41) is 32.1. The Kier molecular flexibility index (Phi) is 4.97. The number of aromatic nitrogens is 4. The van der Waals surface area contributed by atoms with Crippen LogP contribution in [0.3, 0.4) is 0 Å². The fourth-order valence-corrected chi connectivity index (χ4v) is 2.59. The van der Waals surface area contributed by atoms with Crippen molar-refractivity contribution in [3.63, 3.8) is 0 Å². The van der Waals surface area contributed by atoms with Crippen molar-refractivity contribution in [3.8, 4) is 0 Å². The zero-order chi connectivity index (χ0) is 17.3. The summed E-state index contributed by atoms with van der Waals surface area (Å²) in [6.07, 6.45) is 2.04. The van der Waals surface area contributed by atoms with Gasteiger partial charge in [-0.1, -0.05) is 6.08 Å². The first kappa shape index (κ1) is 17.1. The molecule has 0 spiro atoms. The third-order valence-corrected chi connectivity index (χ3v) is 3.88. The lowest BCUT2D eigenvalue weighted by molar-refractivity contribution is -0.0511. The lowest BCUT2D eigenvalue weighted by Crippen LogP contribution is -2.33. The number of imidazole rings is 1. The Morgan fingerprint density at radius 1 is 1.38 bits per heavy atom. The van der Waals surface area contributed by atoms with Crippen LogP contribution >= 0.6 is 11.6 Å². The molecule has 1 unspecified atom stereocenters. The first-order valence-corrected chi connectivity index (χ1v) is 7.84. The van der Waals surface area contributed by atoms with Gasteiger partial charge in [-0.2, -0.15) is 0 Å². The predicted molar refractivity (Wildman–Crippen MR) is 86.4 cm³/mol. The van der Waals surface area contributed by atoms with Crippen molar-refractivity contribution in [2.24, 2.45) is 0 Å². The van der Waals surface area contributed by atoms with Gasteiger partial charge in [-0.15, -0.1) is 11.6 Å². The van der Waals surface area contributed by atoms with E-state index in [4.69, 9.17) is 16.3 Å². The molecular weight excluding hydrogens is 338 g/mol. The first-order valence-electron chi connectivity index (χ1n) is 7.40. The molecule has 5 atom stereocenters. The van der Waals surface area contributed by atoms with Crippen LogP contribution in [0, 0.1) is 0 Å². The minimum Gasteiger partial charge on any atom is -0.394 e. The Labute approximate surface area is 142 Å². The molecule has 24 heavy (non-hydrogen) atoms. The minimum atomic E-state index is -1.21. The monoisotopic (exact) mass is 355 g/mol. The van der Waals surface area contributed by atoms with E-state index >= 15 is 0 Å². The Hall–Kier alpha value is -1.78. The van der Waals surface area contributed by atoms with Crippen molar-refractivity contribution in [3.05, 3.63) is 24.9 Å². The third-order valence-electron chi connectivity index (χ3n) is 3.73. The maximum absolute atomic E-state index is 10.1. The van der Waals surface area contributed by atoms with Crippen molar-refractivity contribution in [2.45, 2.75) is 36.8 Å². The molecule has 1 fully saturated rings. The fraction of sp³-hybridized carbons (Fsp3) is 0.500. The molecule has 0 amide bonds. The molecule has 0 saturated carbocycles. The molecule has 9 nitrogen and oxygen atoms in total. The van der Waals surface area contributed by atoms with Crippen LogP contribution in [0.15, 0.2) is 24.9 Å². The quantitative estimate of drug-likeness (QED) is 0.552. The summed E-state index contributed by atoms with van der Waals surface area (Å²) in [7, 11) is 0. The molecular formula is C14H18ClN5O4. The highest BCUT2D eigenvalue weighted by atomic mass is 35.5. The average Bonchev–Trinajstić information content (AvgIpc) is 3.10. The van der Waals surface area contributed by atoms with Gasteiger partial charge in [-0.05, 0) is 13.1 Å². The molecule has 3 rings (SSSR count). The van der Waals surface area contributed by atoms with Crippen molar-refractivity contribution < 1.29 is 20.1 Å². The number of alkyl halides is 1. The number of allylic oxidation sites excluding steroid dienone is 1. The zero-order valence-electron chi connectivity index (χ0n) is 12.8. The molecule has 130 valence electrons. The average molecular weight is 356 g/mol. The second kappa shape index (κ2) is 6.99. The Morgan fingerprint density at radius 2 is 2.17 bits per heavy atom. The van der Waals surface area contributed by atoms with Gasteiger partial charge in [-0.25, -0.2) is 15.0 Å². The molecule has 3 heterocycles. The van der Waals surface area contributed by atoms with Gasteiger partial charge < -0.3 is 25.4 Å². The second-order valence-corrected chi connectivity index (χ2v) is 6.14. The number of halogens is 1. The number of aliphatic hydroxyl groups is 3.